The number of nitriles is 2. The summed E-state index contributed by atoms with van der Waals surface area (Å²) < 4.78 is 5.18. The third kappa shape index (κ3) is 3.70. The van der Waals surface area contributed by atoms with Crippen LogP contribution in [-0.4, -0.2) is 12.9 Å². The number of Topliss-reactive ketones (excluding diaryl/α,β-unsaturated/α-hetero) is 1. The number of allylic oxidation sites excluding steroid dienone is 1. The van der Waals surface area contributed by atoms with Crippen molar-refractivity contribution in [2.45, 2.75) is 25.7 Å². The monoisotopic (exact) mass is 282 g/mol. The molecule has 0 spiro atoms. The Balaban J connectivity index is 3.40. The van der Waals surface area contributed by atoms with Gasteiger partial charge in [0.15, 0.2) is 5.41 Å². The molecule has 0 amide bonds. The highest BCUT2D eigenvalue weighted by Crippen LogP contribution is 2.42. The van der Waals surface area contributed by atoms with E-state index in [4.69, 9.17) is 4.74 Å². The lowest BCUT2D eigenvalue weighted by Gasteiger charge is -2.28. The smallest absolute Gasteiger partial charge is 0.154 e. The van der Waals surface area contributed by atoms with Crippen molar-refractivity contribution >= 4 is 5.78 Å². The van der Waals surface area contributed by atoms with Crippen molar-refractivity contribution in [1.29, 1.82) is 10.5 Å². The van der Waals surface area contributed by atoms with Crippen LogP contribution in [0, 0.1) is 28.1 Å². The van der Waals surface area contributed by atoms with Gasteiger partial charge in [-0.2, -0.15) is 10.5 Å². The first kappa shape index (κ1) is 16.5. The molecular formula is C17H18N2O2. The van der Waals surface area contributed by atoms with Crippen LogP contribution < -0.4 is 4.74 Å². The Morgan fingerprint density at radius 3 is 2.62 bits per heavy atom. The first-order valence-corrected chi connectivity index (χ1v) is 6.59. The maximum atomic E-state index is 11.6. The summed E-state index contributed by atoms with van der Waals surface area (Å²) in [7, 11) is 1.55. The lowest BCUT2D eigenvalue weighted by molar-refractivity contribution is -0.117. The predicted molar refractivity (Wildman–Crippen MR) is 79.5 cm³/mol. The normalized spacial score (nSPS) is 11.8. The molecule has 0 aliphatic rings. The highest BCUT2D eigenvalue weighted by Gasteiger charge is 2.40. The molecule has 21 heavy (non-hydrogen) atoms. The van der Waals surface area contributed by atoms with E-state index >= 15 is 0 Å². The lowest BCUT2D eigenvalue weighted by atomic mass is 9.69. The van der Waals surface area contributed by atoms with Gasteiger partial charge in [0.05, 0.1) is 19.2 Å². The number of ketones is 1. The van der Waals surface area contributed by atoms with E-state index in [1.165, 1.54) is 6.92 Å². The molecule has 0 radical (unpaired) electrons. The van der Waals surface area contributed by atoms with E-state index in [9.17, 15) is 15.3 Å². The minimum Gasteiger partial charge on any atom is -0.497 e. The van der Waals surface area contributed by atoms with Crippen molar-refractivity contribution in [3.8, 4) is 17.9 Å². The maximum absolute atomic E-state index is 11.6. The minimum absolute atomic E-state index is 0.0678. The van der Waals surface area contributed by atoms with E-state index in [1.807, 2.05) is 6.07 Å². The van der Waals surface area contributed by atoms with Gasteiger partial charge in [0, 0.05) is 12.3 Å². The Morgan fingerprint density at radius 1 is 1.48 bits per heavy atom. The first-order chi connectivity index (χ1) is 10.0. The van der Waals surface area contributed by atoms with Crippen LogP contribution in [0.4, 0.5) is 0 Å². The van der Waals surface area contributed by atoms with Crippen molar-refractivity contribution in [2.75, 3.05) is 7.11 Å². The molecule has 1 aromatic rings. The largest absolute Gasteiger partial charge is 0.497 e. The van der Waals surface area contributed by atoms with Gasteiger partial charge in [-0.25, -0.2) is 0 Å². The van der Waals surface area contributed by atoms with Gasteiger partial charge in [-0.05, 0) is 31.0 Å². The summed E-state index contributed by atoms with van der Waals surface area (Å²) in [5, 5.41) is 19.0. The van der Waals surface area contributed by atoms with Crippen molar-refractivity contribution in [2.24, 2.45) is 5.41 Å². The van der Waals surface area contributed by atoms with Crippen LogP contribution in [0.15, 0.2) is 36.9 Å². The SMILES string of the molecule is C=CCC(C#N)(C#N)C(CC(C)=O)c1cccc(OC)c1. The zero-order chi connectivity index (χ0) is 15.9. The third-order valence-corrected chi connectivity index (χ3v) is 3.45. The highest BCUT2D eigenvalue weighted by atomic mass is 16.5. The van der Waals surface area contributed by atoms with E-state index in [0.29, 0.717) is 5.75 Å². The average molecular weight is 282 g/mol. The van der Waals surface area contributed by atoms with E-state index in [1.54, 1.807) is 31.4 Å². The second kappa shape index (κ2) is 7.26. The van der Waals surface area contributed by atoms with Crippen molar-refractivity contribution in [3.05, 3.63) is 42.5 Å². The summed E-state index contributed by atoms with van der Waals surface area (Å²) in [6, 6.07) is 11.3. The Hall–Kier alpha value is -2.59. The number of hydrogen-bond donors (Lipinski definition) is 0. The second-order valence-corrected chi connectivity index (χ2v) is 4.92. The molecule has 1 rings (SSSR count). The molecule has 4 heteroatoms. The van der Waals surface area contributed by atoms with Crippen LogP contribution in [0.1, 0.15) is 31.2 Å². The molecule has 0 bridgehead atoms. The quantitative estimate of drug-likeness (QED) is 0.719. The first-order valence-electron chi connectivity index (χ1n) is 6.59. The summed E-state index contributed by atoms with van der Waals surface area (Å²) in [4.78, 5) is 11.6. The molecule has 1 aromatic carbocycles. The summed E-state index contributed by atoms with van der Waals surface area (Å²) in [5.41, 5.74) is -0.561. The molecule has 0 aromatic heterocycles. The Morgan fingerprint density at radius 2 is 2.14 bits per heavy atom. The number of hydrogen-bond acceptors (Lipinski definition) is 4. The standard InChI is InChI=1S/C17H18N2O2/c1-4-8-17(11-18,12-19)16(9-13(2)20)14-6-5-7-15(10-14)21-3/h4-7,10,16H,1,8-9H2,2-3H3. The second-order valence-electron chi connectivity index (χ2n) is 4.92. The van der Waals surface area contributed by atoms with Crippen molar-refractivity contribution in [1.82, 2.24) is 0 Å². The van der Waals surface area contributed by atoms with Gasteiger partial charge < -0.3 is 9.53 Å². The number of carbonyl (C=O) groups excluding carboxylic acids is 1. The fourth-order valence-electron chi connectivity index (χ4n) is 2.36. The molecule has 0 fully saturated rings. The zero-order valence-electron chi connectivity index (χ0n) is 12.3. The molecule has 0 aliphatic carbocycles. The fourth-order valence-corrected chi connectivity index (χ4v) is 2.36. The maximum Gasteiger partial charge on any atom is 0.154 e. The van der Waals surface area contributed by atoms with E-state index in [2.05, 4.69) is 18.7 Å². The van der Waals surface area contributed by atoms with Crippen LogP contribution in [0.3, 0.4) is 0 Å². The van der Waals surface area contributed by atoms with E-state index in [-0.39, 0.29) is 18.6 Å². The number of ether oxygens (including phenoxy) is 1. The Bertz CT molecular complexity index is 594. The van der Waals surface area contributed by atoms with Gasteiger partial charge >= 0.3 is 0 Å². The predicted octanol–water partition coefficient (Wildman–Crippen LogP) is 3.37. The van der Waals surface area contributed by atoms with Gasteiger partial charge in [0.25, 0.3) is 0 Å². The van der Waals surface area contributed by atoms with Crippen LogP contribution >= 0.6 is 0 Å². The van der Waals surface area contributed by atoms with Crippen LogP contribution in [0.25, 0.3) is 0 Å². The van der Waals surface area contributed by atoms with Gasteiger partial charge in [-0.3, -0.25) is 0 Å². The third-order valence-electron chi connectivity index (χ3n) is 3.45. The topological polar surface area (TPSA) is 73.9 Å². The van der Waals surface area contributed by atoms with Gasteiger partial charge in [0.1, 0.15) is 11.5 Å². The molecule has 1 unspecified atom stereocenters. The molecule has 0 saturated carbocycles. The molecule has 108 valence electrons. The average Bonchev–Trinajstić information content (AvgIpc) is 2.50. The lowest BCUT2D eigenvalue weighted by Crippen LogP contribution is -2.27. The molecule has 0 saturated heterocycles. The molecule has 1 atom stereocenters. The molecule has 0 N–H and O–H groups in total. The summed E-state index contributed by atoms with van der Waals surface area (Å²) >= 11 is 0. The molecular weight excluding hydrogens is 264 g/mol. The van der Waals surface area contributed by atoms with Gasteiger partial charge in [-0.15, -0.1) is 6.58 Å². The Labute approximate surface area is 125 Å². The summed E-state index contributed by atoms with van der Waals surface area (Å²) in [6.45, 7) is 5.08. The summed E-state index contributed by atoms with van der Waals surface area (Å²) in [5.74, 6) is 0.0456. The summed E-state index contributed by atoms with van der Waals surface area (Å²) in [6.07, 6.45) is 1.87. The fraction of sp³-hybridized carbons (Fsp3) is 0.353. The van der Waals surface area contributed by atoms with Crippen LogP contribution in [0.5, 0.6) is 5.75 Å². The van der Waals surface area contributed by atoms with Gasteiger partial charge in [-0.1, -0.05) is 18.2 Å². The number of methoxy groups -OCH3 is 1. The minimum atomic E-state index is -1.31. The highest BCUT2D eigenvalue weighted by molar-refractivity contribution is 5.77. The number of benzene rings is 1. The van der Waals surface area contributed by atoms with Crippen LogP contribution in [0.2, 0.25) is 0 Å². The molecule has 0 heterocycles. The molecule has 4 nitrogen and oxygen atoms in total. The number of carbonyl (C=O) groups is 1. The van der Waals surface area contributed by atoms with Crippen molar-refractivity contribution in [3.63, 3.8) is 0 Å². The van der Waals surface area contributed by atoms with E-state index < -0.39 is 11.3 Å². The number of rotatable bonds is 7. The molecule has 0 aliphatic heterocycles. The number of nitrogens with zero attached hydrogens (tertiary/aromatic N) is 2. The van der Waals surface area contributed by atoms with Crippen LogP contribution in [-0.2, 0) is 4.79 Å². The van der Waals surface area contributed by atoms with Crippen molar-refractivity contribution < 1.29 is 9.53 Å². The van der Waals surface area contributed by atoms with Gasteiger partial charge in [0.2, 0.25) is 0 Å². The Kier molecular flexibility index (Phi) is 5.69. The zero-order valence-corrected chi connectivity index (χ0v) is 12.3. The van der Waals surface area contributed by atoms with E-state index in [0.717, 1.165) is 5.56 Å².